The standard InChI is InChI=1S/C11H15BrN2O2S/c1-13-6-9-7-17(15,16)11-4-3-8(12)5-10(11)14(9)2/h3-5,9,13H,6-7H2,1-2H3. The molecule has 6 heteroatoms. The Labute approximate surface area is 110 Å². The Balaban J connectivity index is 2.53. The predicted molar refractivity (Wildman–Crippen MR) is 72.3 cm³/mol. The van der Waals surface area contributed by atoms with Crippen molar-refractivity contribution in [1.29, 1.82) is 0 Å². The molecule has 1 atom stereocenters. The van der Waals surface area contributed by atoms with E-state index in [9.17, 15) is 8.42 Å². The van der Waals surface area contributed by atoms with Crippen molar-refractivity contribution in [3.05, 3.63) is 22.7 Å². The van der Waals surface area contributed by atoms with Crippen LogP contribution in [0.2, 0.25) is 0 Å². The minimum Gasteiger partial charge on any atom is -0.368 e. The Morgan fingerprint density at radius 2 is 2.24 bits per heavy atom. The molecular formula is C11H15BrN2O2S. The van der Waals surface area contributed by atoms with Crippen LogP contribution in [0.4, 0.5) is 5.69 Å². The molecule has 1 aromatic rings. The van der Waals surface area contributed by atoms with Crippen LogP contribution in [0.25, 0.3) is 0 Å². The number of likely N-dealkylation sites (N-methyl/N-ethyl adjacent to an activating group) is 2. The monoisotopic (exact) mass is 318 g/mol. The van der Waals surface area contributed by atoms with Gasteiger partial charge in [-0.2, -0.15) is 0 Å². The molecule has 0 saturated carbocycles. The van der Waals surface area contributed by atoms with Crippen LogP contribution >= 0.6 is 15.9 Å². The van der Waals surface area contributed by atoms with E-state index in [1.165, 1.54) is 0 Å². The van der Waals surface area contributed by atoms with E-state index in [0.717, 1.165) is 10.2 Å². The fraction of sp³-hybridized carbons (Fsp3) is 0.455. The largest absolute Gasteiger partial charge is 0.368 e. The fourth-order valence-electron chi connectivity index (χ4n) is 2.11. The van der Waals surface area contributed by atoms with Crippen LogP contribution in [0.5, 0.6) is 0 Å². The Bertz CT molecular complexity index is 530. The zero-order chi connectivity index (χ0) is 12.6. The third-order valence-corrected chi connectivity index (χ3v) is 5.37. The topological polar surface area (TPSA) is 49.4 Å². The van der Waals surface area contributed by atoms with Gasteiger partial charge >= 0.3 is 0 Å². The van der Waals surface area contributed by atoms with Crippen LogP contribution in [-0.4, -0.2) is 40.9 Å². The Morgan fingerprint density at radius 3 is 2.88 bits per heavy atom. The first-order valence-electron chi connectivity index (χ1n) is 5.35. The zero-order valence-corrected chi connectivity index (χ0v) is 12.2. The van der Waals surface area contributed by atoms with Gasteiger partial charge in [0.05, 0.1) is 22.4 Å². The first kappa shape index (κ1) is 12.9. The van der Waals surface area contributed by atoms with Gasteiger partial charge in [-0.05, 0) is 25.2 Å². The second-order valence-corrected chi connectivity index (χ2v) is 7.13. The lowest BCUT2D eigenvalue weighted by Crippen LogP contribution is -2.47. The molecule has 1 aromatic carbocycles. The van der Waals surface area contributed by atoms with Crippen molar-refractivity contribution in [2.75, 3.05) is 31.3 Å². The van der Waals surface area contributed by atoms with Crippen LogP contribution in [0, 0.1) is 0 Å². The lowest BCUT2D eigenvalue weighted by atomic mass is 10.2. The van der Waals surface area contributed by atoms with Crippen LogP contribution in [-0.2, 0) is 9.84 Å². The van der Waals surface area contributed by atoms with Crippen LogP contribution < -0.4 is 10.2 Å². The van der Waals surface area contributed by atoms with Crippen molar-refractivity contribution in [1.82, 2.24) is 5.32 Å². The van der Waals surface area contributed by atoms with Gasteiger partial charge in [0, 0.05) is 18.1 Å². The molecule has 0 amide bonds. The van der Waals surface area contributed by atoms with Crippen molar-refractivity contribution in [2.45, 2.75) is 10.9 Å². The van der Waals surface area contributed by atoms with Crippen molar-refractivity contribution in [2.24, 2.45) is 0 Å². The van der Waals surface area contributed by atoms with Crippen LogP contribution in [0.15, 0.2) is 27.6 Å². The lowest BCUT2D eigenvalue weighted by Gasteiger charge is -2.35. The second-order valence-electron chi connectivity index (χ2n) is 4.22. The van der Waals surface area contributed by atoms with Crippen molar-refractivity contribution < 1.29 is 8.42 Å². The molecule has 1 heterocycles. The van der Waals surface area contributed by atoms with E-state index in [4.69, 9.17) is 0 Å². The maximum absolute atomic E-state index is 12.1. The molecule has 0 spiro atoms. The number of hydrogen-bond acceptors (Lipinski definition) is 4. The average molecular weight is 319 g/mol. The van der Waals surface area contributed by atoms with E-state index in [2.05, 4.69) is 21.2 Å². The summed E-state index contributed by atoms with van der Waals surface area (Å²) < 4.78 is 25.2. The number of hydrogen-bond donors (Lipinski definition) is 1. The molecule has 0 aliphatic carbocycles. The second kappa shape index (κ2) is 4.59. The van der Waals surface area contributed by atoms with Gasteiger partial charge in [0.2, 0.25) is 0 Å². The molecule has 1 unspecified atom stereocenters. The quantitative estimate of drug-likeness (QED) is 0.892. The number of rotatable bonds is 2. The number of fused-ring (bicyclic) bond motifs is 1. The summed E-state index contributed by atoms with van der Waals surface area (Å²) in [6.45, 7) is 0.654. The Kier molecular flexibility index (Phi) is 3.47. The lowest BCUT2D eigenvalue weighted by molar-refractivity contribution is 0.561. The number of halogens is 1. The van der Waals surface area contributed by atoms with Gasteiger partial charge in [0.1, 0.15) is 0 Å². The molecule has 0 aromatic heterocycles. The third-order valence-electron chi connectivity index (χ3n) is 3.04. The van der Waals surface area contributed by atoms with Gasteiger partial charge in [-0.1, -0.05) is 15.9 Å². The average Bonchev–Trinajstić information content (AvgIpc) is 2.25. The summed E-state index contributed by atoms with van der Waals surface area (Å²) in [5.41, 5.74) is 0.769. The summed E-state index contributed by atoms with van der Waals surface area (Å²) in [5.74, 6) is 0.166. The van der Waals surface area contributed by atoms with Gasteiger partial charge in [-0.25, -0.2) is 8.42 Å². The summed E-state index contributed by atoms with van der Waals surface area (Å²) >= 11 is 3.38. The van der Waals surface area contributed by atoms with Crippen molar-refractivity contribution in [3.8, 4) is 0 Å². The first-order chi connectivity index (χ1) is 7.95. The van der Waals surface area contributed by atoms with Crippen molar-refractivity contribution >= 4 is 31.5 Å². The van der Waals surface area contributed by atoms with Crippen molar-refractivity contribution in [3.63, 3.8) is 0 Å². The Hall–Kier alpha value is -0.590. The highest BCUT2D eigenvalue weighted by atomic mass is 79.9. The molecule has 1 aliphatic heterocycles. The molecular weight excluding hydrogens is 304 g/mol. The molecule has 0 bridgehead atoms. The SMILES string of the molecule is CNCC1CS(=O)(=O)c2ccc(Br)cc2N1C. The summed E-state index contributed by atoms with van der Waals surface area (Å²) in [7, 11) is 0.597. The van der Waals surface area contributed by atoms with Gasteiger partial charge in [0.15, 0.2) is 9.84 Å². The number of anilines is 1. The van der Waals surface area contributed by atoms with E-state index in [0.29, 0.717) is 11.4 Å². The van der Waals surface area contributed by atoms with E-state index in [-0.39, 0.29) is 11.8 Å². The molecule has 94 valence electrons. The van der Waals surface area contributed by atoms with Gasteiger partial charge in [-0.3, -0.25) is 0 Å². The minimum atomic E-state index is -3.17. The van der Waals surface area contributed by atoms with Crippen LogP contribution in [0.1, 0.15) is 0 Å². The van der Waals surface area contributed by atoms with E-state index in [1.807, 2.05) is 25.1 Å². The highest BCUT2D eigenvalue weighted by Crippen LogP contribution is 2.34. The maximum atomic E-state index is 12.1. The smallest absolute Gasteiger partial charge is 0.182 e. The molecule has 17 heavy (non-hydrogen) atoms. The highest BCUT2D eigenvalue weighted by molar-refractivity contribution is 9.10. The van der Waals surface area contributed by atoms with E-state index >= 15 is 0 Å². The normalized spacial score (nSPS) is 22.3. The molecule has 1 N–H and O–H groups in total. The molecule has 0 saturated heterocycles. The third kappa shape index (κ3) is 2.34. The van der Waals surface area contributed by atoms with E-state index < -0.39 is 9.84 Å². The number of nitrogens with zero attached hydrogens (tertiary/aromatic N) is 1. The summed E-state index contributed by atoms with van der Waals surface area (Å²) in [4.78, 5) is 2.45. The number of nitrogens with one attached hydrogen (secondary N) is 1. The summed E-state index contributed by atoms with van der Waals surface area (Å²) in [5, 5.41) is 3.03. The minimum absolute atomic E-state index is 0.0215. The van der Waals surface area contributed by atoms with Gasteiger partial charge < -0.3 is 10.2 Å². The molecule has 0 fully saturated rings. The molecule has 1 aliphatic rings. The predicted octanol–water partition coefficient (Wildman–Crippen LogP) is 1.26. The first-order valence-corrected chi connectivity index (χ1v) is 7.80. The number of benzene rings is 1. The maximum Gasteiger partial charge on any atom is 0.182 e. The fourth-order valence-corrected chi connectivity index (χ4v) is 4.29. The van der Waals surface area contributed by atoms with Gasteiger partial charge in [0.25, 0.3) is 0 Å². The zero-order valence-electron chi connectivity index (χ0n) is 9.77. The van der Waals surface area contributed by atoms with Gasteiger partial charge in [-0.15, -0.1) is 0 Å². The Morgan fingerprint density at radius 1 is 1.53 bits per heavy atom. The summed E-state index contributed by atoms with van der Waals surface area (Å²) in [6.07, 6.45) is 0. The highest BCUT2D eigenvalue weighted by Gasteiger charge is 2.33. The molecule has 4 nitrogen and oxygen atoms in total. The number of sulfone groups is 1. The molecule has 0 radical (unpaired) electrons. The van der Waals surface area contributed by atoms with E-state index in [1.54, 1.807) is 12.1 Å². The van der Waals surface area contributed by atoms with Crippen LogP contribution in [0.3, 0.4) is 0 Å². The molecule has 2 rings (SSSR count). The summed E-state index contributed by atoms with van der Waals surface area (Å²) in [6, 6.07) is 5.27.